The molecule has 5 nitrogen and oxygen atoms in total. The number of aliphatic hydroxyl groups is 4. The molecule has 0 aliphatic heterocycles. The van der Waals surface area contributed by atoms with E-state index in [4.69, 9.17) is 20.4 Å². The predicted octanol–water partition coefficient (Wildman–Crippen LogP) is -0.569. The normalized spacial score (nSPS) is 14.3. The summed E-state index contributed by atoms with van der Waals surface area (Å²) in [6, 6.07) is 0. The molecule has 82 valence electrons. The molecule has 0 heterocycles. The monoisotopic (exact) mass is 196 g/mol. The Morgan fingerprint density at radius 3 is 1.38 bits per heavy atom. The summed E-state index contributed by atoms with van der Waals surface area (Å²) < 4.78 is 4.66. The standard InChI is InChI=1S/C6H14O3.C2H6O2/c1-3-5(7)9-6(8)4-2;3-1-2-4/h5-8H,3-4H2,1-2H3;3-4H,1-2H2. The van der Waals surface area contributed by atoms with Crippen molar-refractivity contribution in [2.24, 2.45) is 0 Å². The van der Waals surface area contributed by atoms with Crippen molar-refractivity contribution in [3.63, 3.8) is 0 Å². The number of rotatable bonds is 5. The minimum Gasteiger partial charge on any atom is -0.394 e. The quantitative estimate of drug-likeness (QED) is 0.442. The van der Waals surface area contributed by atoms with Gasteiger partial charge in [-0.1, -0.05) is 13.8 Å². The van der Waals surface area contributed by atoms with Crippen molar-refractivity contribution in [3.05, 3.63) is 0 Å². The number of hydrogen-bond donors (Lipinski definition) is 4. The van der Waals surface area contributed by atoms with Crippen LogP contribution in [0.15, 0.2) is 0 Å². The van der Waals surface area contributed by atoms with Crippen LogP contribution in [-0.4, -0.2) is 46.2 Å². The van der Waals surface area contributed by atoms with Crippen molar-refractivity contribution in [1.29, 1.82) is 0 Å². The first-order valence-corrected chi connectivity index (χ1v) is 4.35. The predicted molar refractivity (Wildman–Crippen MR) is 47.9 cm³/mol. The highest BCUT2D eigenvalue weighted by atomic mass is 16.7. The van der Waals surface area contributed by atoms with E-state index >= 15 is 0 Å². The Morgan fingerprint density at radius 2 is 1.23 bits per heavy atom. The summed E-state index contributed by atoms with van der Waals surface area (Å²) >= 11 is 0. The van der Waals surface area contributed by atoms with Crippen molar-refractivity contribution < 1.29 is 25.2 Å². The fourth-order valence-corrected chi connectivity index (χ4v) is 0.374. The first-order chi connectivity index (χ1) is 6.12. The van der Waals surface area contributed by atoms with Crippen molar-refractivity contribution in [2.45, 2.75) is 39.3 Å². The van der Waals surface area contributed by atoms with Gasteiger partial charge in [0.15, 0.2) is 12.6 Å². The lowest BCUT2D eigenvalue weighted by Gasteiger charge is -2.13. The van der Waals surface area contributed by atoms with Crippen LogP contribution in [0.5, 0.6) is 0 Å². The van der Waals surface area contributed by atoms with Gasteiger partial charge in [0, 0.05) is 0 Å². The van der Waals surface area contributed by atoms with Gasteiger partial charge >= 0.3 is 0 Å². The highest BCUT2D eigenvalue weighted by molar-refractivity contribution is 4.38. The largest absolute Gasteiger partial charge is 0.394 e. The van der Waals surface area contributed by atoms with Crippen LogP contribution in [0.25, 0.3) is 0 Å². The van der Waals surface area contributed by atoms with E-state index in [2.05, 4.69) is 4.74 Å². The summed E-state index contributed by atoms with van der Waals surface area (Å²) in [4.78, 5) is 0. The van der Waals surface area contributed by atoms with E-state index in [9.17, 15) is 0 Å². The first-order valence-electron chi connectivity index (χ1n) is 4.35. The van der Waals surface area contributed by atoms with Crippen molar-refractivity contribution in [3.8, 4) is 0 Å². The maximum absolute atomic E-state index is 8.78. The van der Waals surface area contributed by atoms with Crippen molar-refractivity contribution in [2.75, 3.05) is 13.2 Å². The summed E-state index contributed by atoms with van der Waals surface area (Å²) in [5.41, 5.74) is 0. The van der Waals surface area contributed by atoms with Gasteiger partial charge in [-0.05, 0) is 12.8 Å². The molecular weight excluding hydrogens is 176 g/mol. The van der Waals surface area contributed by atoms with E-state index in [0.717, 1.165) is 0 Å². The van der Waals surface area contributed by atoms with Crippen LogP contribution < -0.4 is 0 Å². The van der Waals surface area contributed by atoms with E-state index < -0.39 is 12.6 Å². The molecule has 2 unspecified atom stereocenters. The molecule has 0 spiro atoms. The highest BCUT2D eigenvalue weighted by Crippen LogP contribution is 1.99. The average Bonchev–Trinajstić information content (AvgIpc) is 2.17. The molecule has 0 aromatic carbocycles. The molecule has 0 aromatic rings. The van der Waals surface area contributed by atoms with Gasteiger partial charge in [-0.25, -0.2) is 0 Å². The summed E-state index contributed by atoms with van der Waals surface area (Å²) in [5.74, 6) is 0. The number of aliphatic hydroxyl groups excluding tert-OH is 4. The lowest BCUT2D eigenvalue weighted by Crippen LogP contribution is -2.19. The summed E-state index contributed by atoms with van der Waals surface area (Å²) in [7, 11) is 0. The molecule has 4 N–H and O–H groups in total. The fourth-order valence-electron chi connectivity index (χ4n) is 0.374. The third-order valence-electron chi connectivity index (χ3n) is 1.11. The molecule has 0 rings (SSSR count). The zero-order valence-electron chi connectivity index (χ0n) is 8.18. The molecule has 5 heteroatoms. The van der Waals surface area contributed by atoms with Gasteiger partial charge in [-0.3, -0.25) is 0 Å². The zero-order valence-corrected chi connectivity index (χ0v) is 8.18. The van der Waals surface area contributed by atoms with Crippen molar-refractivity contribution >= 4 is 0 Å². The second-order valence-electron chi connectivity index (χ2n) is 2.31. The topological polar surface area (TPSA) is 90.2 Å². The molecule has 0 bridgehead atoms. The average molecular weight is 196 g/mol. The van der Waals surface area contributed by atoms with E-state index in [1.807, 2.05) is 0 Å². The molecule has 0 aliphatic carbocycles. The molecule has 0 saturated carbocycles. The van der Waals surface area contributed by atoms with Crippen LogP contribution in [0.2, 0.25) is 0 Å². The molecule has 0 amide bonds. The van der Waals surface area contributed by atoms with E-state index in [1.165, 1.54) is 0 Å². The van der Waals surface area contributed by atoms with Gasteiger partial charge in [-0.2, -0.15) is 0 Å². The van der Waals surface area contributed by atoms with Crippen LogP contribution in [0, 0.1) is 0 Å². The summed E-state index contributed by atoms with van der Waals surface area (Å²) in [6.07, 6.45) is -0.617. The van der Waals surface area contributed by atoms with Crippen LogP contribution in [-0.2, 0) is 4.74 Å². The lowest BCUT2D eigenvalue weighted by molar-refractivity contribution is -0.208. The Morgan fingerprint density at radius 1 is 0.923 bits per heavy atom. The van der Waals surface area contributed by atoms with Gasteiger partial charge in [0.1, 0.15) is 0 Å². The zero-order chi connectivity index (χ0) is 10.7. The maximum atomic E-state index is 8.78. The second kappa shape index (κ2) is 11.8. The minimum absolute atomic E-state index is 0.125. The molecule has 0 fully saturated rings. The molecule has 0 saturated heterocycles. The third kappa shape index (κ3) is 14.6. The van der Waals surface area contributed by atoms with Gasteiger partial charge in [0.2, 0.25) is 0 Å². The third-order valence-corrected chi connectivity index (χ3v) is 1.11. The van der Waals surface area contributed by atoms with Gasteiger partial charge in [-0.15, -0.1) is 0 Å². The van der Waals surface area contributed by atoms with Crippen molar-refractivity contribution in [1.82, 2.24) is 0 Å². The Bertz CT molecular complexity index is 78.6. The minimum atomic E-state index is -0.819. The number of ether oxygens (including phenoxy) is 1. The van der Waals surface area contributed by atoms with Crippen LogP contribution in [0.3, 0.4) is 0 Å². The molecule has 0 aromatic heterocycles. The van der Waals surface area contributed by atoms with Crippen LogP contribution in [0.4, 0.5) is 0 Å². The second-order valence-corrected chi connectivity index (χ2v) is 2.31. The van der Waals surface area contributed by atoms with Gasteiger partial charge in [0.25, 0.3) is 0 Å². The Kier molecular flexibility index (Phi) is 13.9. The Hall–Kier alpha value is -0.200. The Balaban J connectivity index is 0. The molecule has 2 atom stereocenters. The first kappa shape index (κ1) is 15.3. The van der Waals surface area contributed by atoms with E-state index in [-0.39, 0.29) is 13.2 Å². The van der Waals surface area contributed by atoms with Gasteiger partial charge in [0.05, 0.1) is 13.2 Å². The SMILES string of the molecule is CCC(O)OC(O)CC.OCCO. The molecule has 13 heavy (non-hydrogen) atoms. The summed E-state index contributed by atoms with van der Waals surface area (Å²) in [6.45, 7) is 3.32. The maximum Gasteiger partial charge on any atom is 0.157 e. The van der Waals surface area contributed by atoms with Crippen LogP contribution in [0.1, 0.15) is 26.7 Å². The fraction of sp³-hybridized carbons (Fsp3) is 1.00. The highest BCUT2D eigenvalue weighted by Gasteiger charge is 2.05. The Labute approximate surface area is 78.6 Å². The number of hydrogen-bond acceptors (Lipinski definition) is 5. The molecule has 0 aliphatic rings. The van der Waals surface area contributed by atoms with E-state index in [0.29, 0.717) is 12.8 Å². The smallest absolute Gasteiger partial charge is 0.157 e. The summed E-state index contributed by atoms with van der Waals surface area (Å²) in [5, 5.41) is 32.8. The lowest BCUT2D eigenvalue weighted by atomic mass is 10.4. The van der Waals surface area contributed by atoms with Gasteiger partial charge < -0.3 is 25.2 Å². The molecule has 0 radical (unpaired) electrons. The van der Waals surface area contributed by atoms with E-state index in [1.54, 1.807) is 13.8 Å². The molecular formula is C8H20O5. The van der Waals surface area contributed by atoms with Crippen LogP contribution >= 0.6 is 0 Å².